The second-order valence-corrected chi connectivity index (χ2v) is 7.42. The maximum atomic E-state index is 12.3. The van der Waals surface area contributed by atoms with Gasteiger partial charge in [0.25, 0.3) is 0 Å². The molecule has 1 aliphatic rings. The first-order chi connectivity index (χ1) is 9.97. The molecule has 0 bridgehead atoms. The Morgan fingerprint density at radius 1 is 1.43 bits per heavy atom. The van der Waals surface area contributed by atoms with Crippen LogP contribution in [-0.4, -0.2) is 26.4 Å². The van der Waals surface area contributed by atoms with E-state index in [2.05, 4.69) is 9.71 Å². The summed E-state index contributed by atoms with van der Waals surface area (Å²) in [4.78, 5) is 17.4. The summed E-state index contributed by atoms with van der Waals surface area (Å²) in [6.07, 6.45) is 1.87. The lowest BCUT2D eigenvalue weighted by Crippen LogP contribution is -2.23. The lowest BCUT2D eigenvalue weighted by Gasteiger charge is -2.11. The van der Waals surface area contributed by atoms with Crippen molar-refractivity contribution in [1.82, 2.24) is 9.71 Å². The highest BCUT2D eigenvalue weighted by molar-refractivity contribution is 7.89. The fraction of sp³-hybridized carbons (Fsp3) is 0.231. The predicted octanol–water partition coefficient (Wildman–Crippen LogP) is 1.14. The molecule has 0 unspecified atom stereocenters. The van der Waals surface area contributed by atoms with Crippen LogP contribution >= 0.6 is 11.3 Å². The van der Waals surface area contributed by atoms with E-state index in [9.17, 15) is 13.2 Å². The van der Waals surface area contributed by atoms with Crippen LogP contribution in [-0.2, 0) is 27.8 Å². The third-order valence-corrected chi connectivity index (χ3v) is 5.51. The molecule has 2 aromatic rings. The van der Waals surface area contributed by atoms with Gasteiger partial charge in [-0.2, -0.15) is 0 Å². The molecule has 0 spiro atoms. The topological polar surface area (TPSA) is 79.4 Å². The van der Waals surface area contributed by atoms with E-state index >= 15 is 0 Å². The molecule has 0 saturated heterocycles. The number of thiazole rings is 1. The van der Waals surface area contributed by atoms with Crippen molar-refractivity contribution in [3.8, 4) is 0 Å². The van der Waals surface area contributed by atoms with Gasteiger partial charge in [0.1, 0.15) is 5.01 Å². The minimum absolute atomic E-state index is 0.0321. The zero-order valence-corrected chi connectivity index (χ0v) is 12.9. The third-order valence-electron chi connectivity index (χ3n) is 3.34. The first-order valence-electron chi connectivity index (χ1n) is 6.25. The number of carbonyl (C=O) groups excluding carboxylic acids is 1. The van der Waals surface area contributed by atoms with Crippen molar-refractivity contribution in [3.05, 3.63) is 40.3 Å². The Labute approximate surface area is 126 Å². The molecular weight excluding hydrogens is 310 g/mol. The minimum atomic E-state index is -3.61. The molecule has 1 aromatic heterocycles. The monoisotopic (exact) mass is 323 g/mol. The molecule has 0 atom stereocenters. The van der Waals surface area contributed by atoms with Crippen molar-refractivity contribution in [2.75, 3.05) is 11.9 Å². The Morgan fingerprint density at radius 3 is 2.95 bits per heavy atom. The quantitative estimate of drug-likeness (QED) is 0.915. The number of sulfonamides is 1. The summed E-state index contributed by atoms with van der Waals surface area (Å²) in [6.45, 7) is 0.163. The highest BCUT2D eigenvalue weighted by Crippen LogP contribution is 2.29. The number of hydrogen-bond acceptors (Lipinski definition) is 5. The number of likely N-dealkylation sites (N-methyl/N-ethyl adjacent to an activating group) is 1. The average Bonchev–Trinajstić information content (AvgIpc) is 3.06. The summed E-state index contributed by atoms with van der Waals surface area (Å²) < 4.78 is 27.0. The molecule has 1 aliphatic heterocycles. The van der Waals surface area contributed by atoms with Gasteiger partial charge in [0.05, 0.1) is 17.9 Å². The fourth-order valence-electron chi connectivity index (χ4n) is 2.19. The molecule has 3 rings (SSSR count). The maximum Gasteiger partial charge on any atom is 0.240 e. The van der Waals surface area contributed by atoms with E-state index in [1.807, 2.05) is 0 Å². The SMILES string of the molecule is CN1C(=O)Cc2cc(S(=O)(=O)NCc3nccs3)ccc21. The van der Waals surface area contributed by atoms with E-state index < -0.39 is 10.0 Å². The van der Waals surface area contributed by atoms with E-state index in [0.29, 0.717) is 5.01 Å². The Bertz CT molecular complexity index is 785. The average molecular weight is 323 g/mol. The van der Waals surface area contributed by atoms with Crippen LogP contribution in [0.3, 0.4) is 0 Å². The van der Waals surface area contributed by atoms with Gasteiger partial charge in [-0.1, -0.05) is 0 Å². The van der Waals surface area contributed by atoms with Crippen molar-refractivity contribution in [2.24, 2.45) is 0 Å². The lowest BCUT2D eigenvalue weighted by atomic mass is 10.2. The molecule has 0 aliphatic carbocycles. The molecule has 21 heavy (non-hydrogen) atoms. The second kappa shape index (κ2) is 5.21. The van der Waals surface area contributed by atoms with Crippen LogP contribution in [0, 0.1) is 0 Å². The molecule has 110 valence electrons. The summed E-state index contributed by atoms with van der Waals surface area (Å²) in [5.74, 6) is -0.0321. The van der Waals surface area contributed by atoms with E-state index in [1.165, 1.54) is 22.3 Å². The van der Waals surface area contributed by atoms with Gasteiger partial charge in [-0.05, 0) is 23.8 Å². The first kappa shape index (κ1) is 14.2. The fourth-order valence-corrected chi connectivity index (χ4v) is 3.88. The van der Waals surface area contributed by atoms with Crippen LogP contribution in [0.25, 0.3) is 0 Å². The highest BCUT2D eigenvalue weighted by Gasteiger charge is 2.26. The number of amides is 1. The van der Waals surface area contributed by atoms with Crippen LogP contribution in [0.5, 0.6) is 0 Å². The molecule has 1 N–H and O–H groups in total. The van der Waals surface area contributed by atoms with Gasteiger partial charge >= 0.3 is 0 Å². The predicted molar refractivity (Wildman–Crippen MR) is 79.7 cm³/mol. The standard InChI is InChI=1S/C13H13N3O3S2/c1-16-11-3-2-10(6-9(11)7-13(16)17)21(18,19)15-8-12-14-4-5-20-12/h2-6,15H,7-8H2,1H3. The lowest BCUT2D eigenvalue weighted by molar-refractivity contribution is -0.117. The summed E-state index contributed by atoms with van der Waals surface area (Å²) in [5, 5.41) is 2.50. The second-order valence-electron chi connectivity index (χ2n) is 4.67. The summed E-state index contributed by atoms with van der Waals surface area (Å²) in [5.41, 5.74) is 1.50. The molecule has 0 fully saturated rings. The van der Waals surface area contributed by atoms with Crippen molar-refractivity contribution in [2.45, 2.75) is 17.9 Å². The molecule has 2 heterocycles. The largest absolute Gasteiger partial charge is 0.315 e. The van der Waals surface area contributed by atoms with Gasteiger partial charge in [-0.3, -0.25) is 4.79 Å². The molecule has 1 aromatic carbocycles. The van der Waals surface area contributed by atoms with E-state index in [1.54, 1.807) is 30.8 Å². The molecule has 0 radical (unpaired) electrons. The number of benzene rings is 1. The van der Waals surface area contributed by atoms with Crippen LogP contribution in [0.15, 0.2) is 34.7 Å². The van der Waals surface area contributed by atoms with E-state index in [4.69, 9.17) is 0 Å². The minimum Gasteiger partial charge on any atom is -0.315 e. The highest BCUT2D eigenvalue weighted by atomic mass is 32.2. The maximum absolute atomic E-state index is 12.3. The van der Waals surface area contributed by atoms with Gasteiger partial charge in [-0.15, -0.1) is 11.3 Å². The molecule has 1 amide bonds. The molecule has 0 saturated carbocycles. The number of nitrogens with one attached hydrogen (secondary N) is 1. The number of aromatic nitrogens is 1. The number of hydrogen-bond donors (Lipinski definition) is 1. The molecule has 6 nitrogen and oxygen atoms in total. The number of carbonyl (C=O) groups is 1. The summed E-state index contributed by atoms with van der Waals surface area (Å²) >= 11 is 1.39. The van der Waals surface area contributed by atoms with Crippen molar-refractivity contribution >= 4 is 33.0 Å². The van der Waals surface area contributed by atoms with Crippen molar-refractivity contribution < 1.29 is 13.2 Å². The number of anilines is 1. The van der Waals surface area contributed by atoms with Crippen LogP contribution < -0.4 is 9.62 Å². The number of rotatable bonds is 4. The normalized spacial score (nSPS) is 14.5. The van der Waals surface area contributed by atoms with Crippen molar-refractivity contribution in [1.29, 1.82) is 0 Å². The van der Waals surface area contributed by atoms with E-state index in [0.717, 1.165) is 11.3 Å². The van der Waals surface area contributed by atoms with Crippen LogP contribution in [0.2, 0.25) is 0 Å². The summed E-state index contributed by atoms with van der Waals surface area (Å²) in [6, 6.07) is 4.73. The van der Waals surface area contributed by atoms with Crippen LogP contribution in [0.4, 0.5) is 5.69 Å². The molecular formula is C13H13N3O3S2. The van der Waals surface area contributed by atoms with Crippen LogP contribution in [0.1, 0.15) is 10.6 Å². The van der Waals surface area contributed by atoms with Crippen molar-refractivity contribution in [3.63, 3.8) is 0 Å². The summed E-state index contributed by atoms with van der Waals surface area (Å²) in [7, 11) is -1.92. The number of fused-ring (bicyclic) bond motifs is 1. The third kappa shape index (κ3) is 2.69. The number of nitrogens with zero attached hydrogens (tertiary/aromatic N) is 2. The smallest absolute Gasteiger partial charge is 0.240 e. The molecule has 8 heteroatoms. The van der Waals surface area contributed by atoms with E-state index in [-0.39, 0.29) is 23.8 Å². The Kier molecular flexibility index (Phi) is 3.52. The Balaban J connectivity index is 1.83. The zero-order chi connectivity index (χ0) is 15.0. The van der Waals surface area contributed by atoms with Gasteiger partial charge in [0.15, 0.2) is 0 Å². The van der Waals surface area contributed by atoms with Gasteiger partial charge in [0, 0.05) is 24.3 Å². The van der Waals surface area contributed by atoms with Gasteiger partial charge in [0.2, 0.25) is 15.9 Å². The van der Waals surface area contributed by atoms with Gasteiger partial charge in [-0.25, -0.2) is 18.1 Å². The first-order valence-corrected chi connectivity index (χ1v) is 8.61. The Hall–Kier alpha value is -1.77. The zero-order valence-electron chi connectivity index (χ0n) is 11.2. The van der Waals surface area contributed by atoms with Gasteiger partial charge < -0.3 is 4.90 Å². The Morgan fingerprint density at radius 2 is 2.24 bits per heavy atom.